The third-order valence-electron chi connectivity index (χ3n) is 3.79. The Labute approximate surface area is 152 Å². The topological polar surface area (TPSA) is 55.4 Å². The lowest BCUT2D eigenvalue weighted by Gasteiger charge is -2.13. The zero-order valence-electron chi connectivity index (χ0n) is 13.7. The van der Waals surface area contributed by atoms with E-state index in [1.807, 2.05) is 31.2 Å². The molecule has 0 saturated heterocycles. The number of halogens is 1. The summed E-state index contributed by atoms with van der Waals surface area (Å²) in [6, 6.07) is 17.7. The van der Waals surface area contributed by atoms with Gasteiger partial charge in [0.1, 0.15) is 5.75 Å². The Morgan fingerprint density at radius 3 is 2.48 bits per heavy atom. The van der Waals surface area contributed by atoms with Crippen molar-refractivity contribution in [1.82, 2.24) is 4.72 Å². The van der Waals surface area contributed by atoms with Gasteiger partial charge in [0.25, 0.3) is 0 Å². The minimum absolute atomic E-state index is 0.171. The maximum atomic E-state index is 12.8. The number of hydrogen-bond donors (Lipinski definition) is 1. The number of benzene rings is 3. The largest absolute Gasteiger partial charge is 0.493 e. The minimum Gasteiger partial charge on any atom is -0.493 e. The molecule has 0 aliphatic carbocycles. The lowest BCUT2D eigenvalue weighted by Crippen LogP contribution is -2.23. The van der Waals surface area contributed by atoms with Crippen molar-refractivity contribution in [3.8, 4) is 5.75 Å². The second kappa shape index (κ2) is 7.44. The van der Waals surface area contributed by atoms with Crippen LogP contribution >= 0.6 is 11.6 Å². The van der Waals surface area contributed by atoms with Crippen LogP contribution < -0.4 is 9.46 Å². The second-order valence-electron chi connectivity index (χ2n) is 5.49. The first-order valence-electron chi connectivity index (χ1n) is 7.90. The van der Waals surface area contributed by atoms with Crippen molar-refractivity contribution in [2.75, 3.05) is 6.61 Å². The van der Waals surface area contributed by atoms with Crippen LogP contribution in [0, 0.1) is 0 Å². The van der Waals surface area contributed by atoms with Crippen LogP contribution in [-0.4, -0.2) is 15.0 Å². The van der Waals surface area contributed by atoms with E-state index in [2.05, 4.69) is 4.72 Å². The van der Waals surface area contributed by atoms with Gasteiger partial charge in [0.15, 0.2) is 0 Å². The second-order valence-corrected chi connectivity index (χ2v) is 7.67. The van der Waals surface area contributed by atoms with Gasteiger partial charge in [-0.15, -0.1) is 0 Å². The van der Waals surface area contributed by atoms with Crippen LogP contribution in [0.4, 0.5) is 0 Å². The number of sulfonamides is 1. The molecule has 4 nitrogen and oxygen atoms in total. The molecule has 0 radical (unpaired) electrons. The number of fused-ring (bicyclic) bond motifs is 1. The Morgan fingerprint density at radius 1 is 1.00 bits per heavy atom. The molecule has 6 heteroatoms. The third-order valence-corrected chi connectivity index (χ3v) is 5.48. The van der Waals surface area contributed by atoms with Gasteiger partial charge in [-0.1, -0.05) is 48.0 Å². The highest BCUT2D eigenvalue weighted by atomic mass is 35.5. The molecule has 3 aromatic carbocycles. The summed E-state index contributed by atoms with van der Waals surface area (Å²) in [6.45, 7) is 2.58. The lowest BCUT2D eigenvalue weighted by molar-refractivity contribution is 0.344. The van der Waals surface area contributed by atoms with E-state index >= 15 is 0 Å². The molecular weight excluding hydrogens is 358 g/mol. The highest BCUT2D eigenvalue weighted by molar-refractivity contribution is 7.89. The van der Waals surface area contributed by atoms with Crippen LogP contribution in [0.3, 0.4) is 0 Å². The smallest absolute Gasteiger partial charge is 0.241 e. The van der Waals surface area contributed by atoms with E-state index in [0.29, 0.717) is 22.8 Å². The maximum Gasteiger partial charge on any atom is 0.241 e. The van der Waals surface area contributed by atoms with Gasteiger partial charge in [-0.3, -0.25) is 0 Å². The molecule has 0 unspecified atom stereocenters. The molecule has 0 heterocycles. The summed E-state index contributed by atoms with van der Waals surface area (Å²) in [6.07, 6.45) is 0. The standard InChI is InChI=1S/C19H18ClNO3S/c1-2-24-18-10-11-19(17-9-4-3-8-16(17)18)25(22,23)21-13-14-6-5-7-15(20)12-14/h3-12,21H,2,13H2,1H3. The summed E-state index contributed by atoms with van der Waals surface area (Å²) < 4.78 is 33.8. The number of rotatable bonds is 6. The predicted octanol–water partition coefficient (Wildman–Crippen LogP) is 4.37. The van der Waals surface area contributed by atoms with E-state index in [1.165, 1.54) is 0 Å². The van der Waals surface area contributed by atoms with Crippen LogP contribution in [-0.2, 0) is 16.6 Å². The van der Waals surface area contributed by atoms with Crippen molar-refractivity contribution in [2.24, 2.45) is 0 Å². The van der Waals surface area contributed by atoms with Crippen LogP contribution in [0.15, 0.2) is 65.6 Å². The Kier molecular flexibility index (Phi) is 5.27. The highest BCUT2D eigenvalue weighted by Gasteiger charge is 2.18. The van der Waals surface area contributed by atoms with Gasteiger partial charge in [0.2, 0.25) is 10.0 Å². The number of nitrogens with one attached hydrogen (secondary N) is 1. The molecule has 0 aliphatic heterocycles. The first-order chi connectivity index (χ1) is 12.0. The third kappa shape index (κ3) is 3.95. The highest BCUT2D eigenvalue weighted by Crippen LogP contribution is 2.31. The molecule has 25 heavy (non-hydrogen) atoms. The zero-order chi connectivity index (χ0) is 17.9. The molecule has 0 amide bonds. The van der Waals surface area contributed by atoms with E-state index in [-0.39, 0.29) is 11.4 Å². The van der Waals surface area contributed by atoms with Crippen molar-refractivity contribution in [3.05, 3.63) is 71.2 Å². The van der Waals surface area contributed by atoms with Crippen LogP contribution in [0.1, 0.15) is 12.5 Å². The first-order valence-corrected chi connectivity index (χ1v) is 9.76. The predicted molar refractivity (Wildman–Crippen MR) is 101 cm³/mol. The summed E-state index contributed by atoms with van der Waals surface area (Å²) >= 11 is 5.95. The van der Waals surface area contributed by atoms with E-state index in [0.717, 1.165) is 10.9 Å². The fraction of sp³-hybridized carbons (Fsp3) is 0.158. The van der Waals surface area contributed by atoms with Gasteiger partial charge in [-0.25, -0.2) is 13.1 Å². The van der Waals surface area contributed by atoms with Gasteiger partial charge in [-0.05, 0) is 36.8 Å². The molecule has 0 fully saturated rings. The quantitative estimate of drug-likeness (QED) is 0.696. The first kappa shape index (κ1) is 17.7. The van der Waals surface area contributed by atoms with Crippen LogP contribution in [0.25, 0.3) is 10.8 Å². The molecule has 3 rings (SSSR count). The molecule has 0 bridgehead atoms. The van der Waals surface area contributed by atoms with Gasteiger partial charge < -0.3 is 4.74 Å². The summed E-state index contributed by atoms with van der Waals surface area (Å²) in [5.74, 6) is 0.673. The summed E-state index contributed by atoms with van der Waals surface area (Å²) in [7, 11) is -3.68. The normalized spacial score (nSPS) is 11.6. The molecule has 0 aromatic heterocycles. The Balaban J connectivity index is 1.96. The molecule has 0 aliphatic rings. The van der Waals surface area contributed by atoms with Gasteiger partial charge in [-0.2, -0.15) is 0 Å². The molecule has 3 aromatic rings. The van der Waals surface area contributed by atoms with Crippen molar-refractivity contribution in [2.45, 2.75) is 18.4 Å². The van der Waals surface area contributed by atoms with E-state index < -0.39 is 10.0 Å². The fourth-order valence-corrected chi connectivity index (χ4v) is 4.10. The fourth-order valence-electron chi connectivity index (χ4n) is 2.66. The number of ether oxygens (including phenoxy) is 1. The van der Waals surface area contributed by atoms with Crippen molar-refractivity contribution >= 4 is 32.4 Å². The van der Waals surface area contributed by atoms with Gasteiger partial charge >= 0.3 is 0 Å². The average molecular weight is 376 g/mol. The van der Waals surface area contributed by atoms with E-state index in [9.17, 15) is 8.42 Å². The van der Waals surface area contributed by atoms with Gasteiger partial charge in [0, 0.05) is 22.3 Å². The number of hydrogen-bond acceptors (Lipinski definition) is 3. The van der Waals surface area contributed by atoms with Gasteiger partial charge in [0.05, 0.1) is 11.5 Å². The van der Waals surface area contributed by atoms with Crippen LogP contribution in [0.2, 0.25) is 5.02 Å². The summed E-state index contributed by atoms with van der Waals surface area (Å²) in [4.78, 5) is 0.230. The average Bonchev–Trinajstić information content (AvgIpc) is 2.60. The SMILES string of the molecule is CCOc1ccc(S(=O)(=O)NCc2cccc(Cl)c2)c2ccccc12. The van der Waals surface area contributed by atoms with Crippen molar-refractivity contribution in [3.63, 3.8) is 0 Å². The minimum atomic E-state index is -3.68. The Morgan fingerprint density at radius 2 is 1.76 bits per heavy atom. The summed E-state index contributed by atoms with van der Waals surface area (Å²) in [5, 5.41) is 1.98. The van der Waals surface area contributed by atoms with Crippen molar-refractivity contribution in [1.29, 1.82) is 0 Å². The molecule has 0 saturated carbocycles. The maximum absolute atomic E-state index is 12.8. The molecular formula is C19H18ClNO3S. The zero-order valence-corrected chi connectivity index (χ0v) is 15.3. The lowest BCUT2D eigenvalue weighted by atomic mass is 10.1. The molecule has 0 spiro atoms. The van der Waals surface area contributed by atoms with Crippen molar-refractivity contribution < 1.29 is 13.2 Å². The van der Waals surface area contributed by atoms with E-state index in [4.69, 9.17) is 16.3 Å². The van der Waals surface area contributed by atoms with Crippen LogP contribution in [0.5, 0.6) is 5.75 Å². The summed E-state index contributed by atoms with van der Waals surface area (Å²) in [5.41, 5.74) is 0.798. The monoisotopic (exact) mass is 375 g/mol. The Hall–Kier alpha value is -2.08. The Bertz CT molecular complexity index is 1000. The van der Waals surface area contributed by atoms with E-state index in [1.54, 1.807) is 36.4 Å². The molecule has 1 N–H and O–H groups in total. The molecule has 130 valence electrons. The molecule has 0 atom stereocenters.